The lowest BCUT2D eigenvalue weighted by Crippen LogP contribution is -2.10. The van der Waals surface area contributed by atoms with Crippen molar-refractivity contribution in [2.45, 2.75) is 25.7 Å². The zero-order valence-electron chi connectivity index (χ0n) is 9.25. The Bertz CT molecular complexity index is 316. The Balaban J connectivity index is 2.09. The van der Waals surface area contributed by atoms with Gasteiger partial charge in [0.15, 0.2) is 0 Å². The molecule has 0 aliphatic heterocycles. The van der Waals surface area contributed by atoms with Crippen molar-refractivity contribution >= 4 is 0 Å². The molecule has 1 heterocycles. The summed E-state index contributed by atoms with van der Waals surface area (Å²) >= 11 is 0. The van der Waals surface area contributed by atoms with Gasteiger partial charge in [-0.2, -0.15) is 5.10 Å². The molecule has 2 atom stereocenters. The summed E-state index contributed by atoms with van der Waals surface area (Å²) in [5.41, 5.74) is 2.77. The van der Waals surface area contributed by atoms with E-state index in [1.54, 1.807) is 0 Å². The first-order valence-electron chi connectivity index (χ1n) is 5.43. The molecule has 1 aliphatic rings. The van der Waals surface area contributed by atoms with Crippen LogP contribution in [0.25, 0.3) is 0 Å². The van der Waals surface area contributed by atoms with Gasteiger partial charge in [0.1, 0.15) is 0 Å². The molecule has 78 valence electrons. The Labute approximate surface area is 85.5 Å². The first-order valence-corrected chi connectivity index (χ1v) is 5.43. The van der Waals surface area contributed by atoms with Gasteiger partial charge in [-0.1, -0.05) is 6.92 Å². The molecule has 0 aromatic carbocycles. The maximum Gasteiger partial charge on any atom is 0.0656 e. The van der Waals surface area contributed by atoms with Crippen LogP contribution in [0, 0.1) is 5.92 Å². The molecule has 3 heteroatoms. The maximum absolute atomic E-state index is 4.48. The fourth-order valence-corrected chi connectivity index (χ4v) is 2.25. The number of aryl methyl sites for hydroxylation is 2. The largest absolute Gasteiger partial charge is 0.319 e. The van der Waals surface area contributed by atoms with Crippen molar-refractivity contribution in [1.82, 2.24) is 15.1 Å². The van der Waals surface area contributed by atoms with Gasteiger partial charge in [0.25, 0.3) is 0 Å². The smallest absolute Gasteiger partial charge is 0.0656 e. The lowest BCUT2D eigenvalue weighted by molar-refractivity contribution is 0.696. The molecule has 0 radical (unpaired) electrons. The maximum atomic E-state index is 4.48. The molecule has 1 saturated carbocycles. The van der Waals surface area contributed by atoms with Crippen molar-refractivity contribution in [3.05, 3.63) is 17.5 Å². The summed E-state index contributed by atoms with van der Waals surface area (Å²) in [6, 6.07) is 0. The van der Waals surface area contributed by atoms with E-state index in [2.05, 4.69) is 23.5 Å². The second-order valence-electron chi connectivity index (χ2n) is 4.22. The molecular weight excluding hydrogens is 174 g/mol. The number of nitrogens with zero attached hydrogens (tertiary/aromatic N) is 2. The molecule has 1 aromatic rings. The van der Waals surface area contributed by atoms with Crippen LogP contribution in [0.15, 0.2) is 6.20 Å². The lowest BCUT2D eigenvalue weighted by atomic mass is 10.1. The number of aromatic nitrogens is 2. The summed E-state index contributed by atoms with van der Waals surface area (Å²) in [5, 5.41) is 7.73. The van der Waals surface area contributed by atoms with E-state index < -0.39 is 0 Å². The summed E-state index contributed by atoms with van der Waals surface area (Å²) in [6.07, 6.45) is 4.58. The molecule has 0 bridgehead atoms. The highest BCUT2D eigenvalue weighted by atomic mass is 15.3. The first kappa shape index (κ1) is 9.71. The van der Waals surface area contributed by atoms with E-state index in [-0.39, 0.29) is 0 Å². The predicted octanol–water partition coefficient (Wildman–Crippen LogP) is 1.31. The average Bonchev–Trinajstić information content (AvgIpc) is 2.81. The fourth-order valence-electron chi connectivity index (χ4n) is 2.25. The van der Waals surface area contributed by atoms with Gasteiger partial charge in [-0.15, -0.1) is 0 Å². The highest BCUT2D eigenvalue weighted by Crippen LogP contribution is 2.47. The van der Waals surface area contributed by atoms with Crippen LogP contribution in [0.3, 0.4) is 0 Å². The average molecular weight is 193 g/mol. The number of hydrogen-bond donors (Lipinski definition) is 1. The van der Waals surface area contributed by atoms with Gasteiger partial charge in [0.05, 0.1) is 5.69 Å². The van der Waals surface area contributed by atoms with Gasteiger partial charge >= 0.3 is 0 Å². The molecule has 2 unspecified atom stereocenters. The second kappa shape index (κ2) is 3.73. The highest BCUT2D eigenvalue weighted by Gasteiger charge is 2.39. The Hall–Kier alpha value is -0.830. The predicted molar refractivity (Wildman–Crippen MR) is 57.4 cm³/mol. The highest BCUT2D eigenvalue weighted by molar-refractivity contribution is 5.28. The van der Waals surface area contributed by atoms with Crippen LogP contribution in [0.5, 0.6) is 0 Å². The molecule has 0 amide bonds. The molecule has 0 spiro atoms. The van der Waals surface area contributed by atoms with Crippen LogP contribution < -0.4 is 5.32 Å². The van der Waals surface area contributed by atoms with E-state index in [4.69, 9.17) is 0 Å². The minimum Gasteiger partial charge on any atom is -0.319 e. The van der Waals surface area contributed by atoms with Crippen molar-refractivity contribution in [2.75, 3.05) is 13.6 Å². The van der Waals surface area contributed by atoms with E-state index in [9.17, 15) is 0 Å². The minimum absolute atomic E-state index is 0.770. The van der Waals surface area contributed by atoms with Crippen LogP contribution >= 0.6 is 0 Å². The minimum atomic E-state index is 0.770. The molecule has 1 aromatic heterocycles. The first-order chi connectivity index (χ1) is 6.76. The van der Waals surface area contributed by atoms with Crippen LogP contribution in [-0.2, 0) is 13.5 Å². The summed E-state index contributed by atoms with van der Waals surface area (Å²) in [6.45, 7) is 3.32. The van der Waals surface area contributed by atoms with Crippen molar-refractivity contribution in [3.8, 4) is 0 Å². The van der Waals surface area contributed by atoms with Crippen molar-refractivity contribution in [2.24, 2.45) is 13.0 Å². The summed E-state index contributed by atoms with van der Waals surface area (Å²) < 4.78 is 1.95. The lowest BCUT2D eigenvalue weighted by Gasteiger charge is -1.98. The Morgan fingerprint density at radius 2 is 2.43 bits per heavy atom. The topological polar surface area (TPSA) is 29.9 Å². The Morgan fingerprint density at radius 3 is 3.07 bits per heavy atom. The van der Waals surface area contributed by atoms with Crippen LogP contribution in [0.2, 0.25) is 0 Å². The van der Waals surface area contributed by atoms with Crippen molar-refractivity contribution in [1.29, 1.82) is 0 Å². The third kappa shape index (κ3) is 1.69. The van der Waals surface area contributed by atoms with Crippen molar-refractivity contribution in [3.63, 3.8) is 0 Å². The van der Waals surface area contributed by atoms with E-state index in [0.29, 0.717) is 0 Å². The molecule has 3 nitrogen and oxygen atoms in total. The van der Waals surface area contributed by atoms with E-state index in [1.165, 1.54) is 17.7 Å². The Morgan fingerprint density at radius 1 is 1.64 bits per heavy atom. The Kier molecular flexibility index (Phi) is 2.59. The van der Waals surface area contributed by atoms with Crippen LogP contribution in [0.4, 0.5) is 0 Å². The third-order valence-corrected chi connectivity index (χ3v) is 3.06. The van der Waals surface area contributed by atoms with Crippen molar-refractivity contribution < 1.29 is 0 Å². The summed E-state index contributed by atoms with van der Waals surface area (Å²) in [5.74, 6) is 1.61. The van der Waals surface area contributed by atoms with Gasteiger partial charge in [-0.05, 0) is 43.8 Å². The monoisotopic (exact) mass is 193 g/mol. The molecular formula is C11H19N3. The van der Waals surface area contributed by atoms with E-state index in [0.717, 1.165) is 24.8 Å². The molecule has 14 heavy (non-hydrogen) atoms. The fraction of sp³-hybridized carbons (Fsp3) is 0.727. The number of hydrogen-bond acceptors (Lipinski definition) is 2. The SMILES string of the molecule is CCc1nn(C)cc1C1CC1CNC. The quantitative estimate of drug-likeness (QED) is 0.781. The van der Waals surface area contributed by atoms with Gasteiger partial charge < -0.3 is 5.32 Å². The van der Waals surface area contributed by atoms with Gasteiger partial charge in [-0.3, -0.25) is 4.68 Å². The zero-order valence-corrected chi connectivity index (χ0v) is 9.25. The number of nitrogens with one attached hydrogen (secondary N) is 1. The van der Waals surface area contributed by atoms with Crippen LogP contribution in [-0.4, -0.2) is 23.4 Å². The second-order valence-corrected chi connectivity index (χ2v) is 4.22. The number of rotatable bonds is 4. The molecule has 1 aliphatic carbocycles. The van der Waals surface area contributed by atoms with E-state index in [1.807, 2.05) is 18.8 Å². The van der Waals surface area contributed by atoms with Gasteiger partial charge in [-0.25, -0.2) is 0 Å². The summed E-state index contributed by atoms with van der Waals surface area (Å²) in [7, 11) is 4.04. The summed E-state index contributed by atoms with van der Waals surface area (Å²) in [4.78, 5) is 0. The zero-order chi connectivity index (χ0) is 10.1. The molecule has 1 fully saturated rings. The standard InChI is InChI=1S/C11H19N3/c1-4-11-10(7-14(3)13-11)9-5-8(9)6-12-2/h7-9,12H,4-6H2,1-3H3. The van der Waals surface area contributed by atoms with Crippen LogP contribution in [0.1, 0.15) is 30.5 Å². The molecule has 1 N–H and O–H groups in total. The van der Waals surface area contributed by atoms with Gasteiger partial charge in [0, 0.05) is 13.2 Å². The molecule has 2 rings (SSSR count). The molecule has 0 saturated heterocycles. The van der Waals surface area contributed by atoms with Gasteiger partial charge in [0.2, 0.25) is 0 Å². The third-order valence-electron chi connectivity index (χ3n) is 3.06. The normalized spacial score (nSPS) is 25.4. The van der Waals surface area contributed by atoms with E-state index >= 15 is 0 Å².